The molecule has 0 saturated heterocycles. The van der Waals surface area contributed by atoms with Crippen molar-refractivity contribution in [2.45, 2.75) is 26.9 Å². The van der Waals surface area contributed by atoms with Gasteiger partial charge in [-0.05, 0) is 43.2 Å². The lowest BCUT2D eigenvalue weighted by Crippen LogP contribution is -2.21. The van der Waals surface area contributed by atoms with Gasteiger partial charge in [0.1, 0.15) is 17.4 Å². The Balaban J connectivity index is 1.45. The summed E-state index contributed by atoms with van der Waals surface area (Å²) in [7, 11) is 0. The van der Waals surface area contributed by atoms with Crippen molar-refractivity contribution in [1.29, 1.82) is 0 Å². The SMILES string of the molecule is CCc1ccc(NC(=O)COC(=O)c2csc(COc3ccc(C)cc3)n2)cc1. The molecule has 0 aliphatic heterocycles. The molecule has 0 aliphatic rings. The van der Waals surface area contributed by atoms with E-state index in [1.54, 1.807) is 5.38 Å². The smallest absolute Gasteiger partial charge is 0.358 e. The van der Waals surface area contributed by atoms with Gasteiger partial charge in [-0.2, -0.15) is 0 Å². The largest absolute Gasteiger partial charge is 0.486 e. The third-order valence-electron chi connectivity index (χ3n) is 4.12. The standard InChI is InChI=1S/C22H22N2O4S/c1-3-16-6-8-17(9-7-16)23-20(25)12-28-22(26)19-14-29-21(24-19)13-27-18-10-4-15(2)5-11-18/h4-11,14H,3,12-13H2,1-2H3,(H,23,25). The molecule has 0 unspecified atom stereocenters. The van der Waals surface area contributed by atoms with Crippen LogP contribution in [0.25, 0.3) is 0 Å². The molecule has 0 atom stereocenters. The third-order valence-corrected chi connectivity index (χ3v) is 4.95. The van der Waals surface area contributed by atoms with Crippen molar-refractivity contribution in [3.8, 4) is 5.75 Å². The Morgan fingerprint density at radius 2 is 1.79 bits per heavy atom. The minimum atomic E-state index is -0.640. The van der Waals surface area contributed by atoms with Crippen molar-refractivity contribution in [3.05, 3.63) is 75.7 Å². The topological polar surface area (TPSA) is 77.5 Å². The molecule has 0 spiro atoms. The zero-order valence-electron chi connectivity index (χ0n) is 16.3. The molecule has 6 nitrogen and oxygen atoms in total. The number of ether oxygens (including phenoxy) is 2. The lowest BCUT2D eigenvalue weighted by Gasteiger charge is -2.06. The number of aromatic nitrogens is 1. The summed E-state index contributed by atoms with van der Waals surface area (Å²) in [5.74, 6) is -0.307. The number of hydrogen-bond donors (Lipinski definition) is 1. The number of carbonyl (C=O) groups excluding carboxylic acids is 2. The molecule has 0 aliphatic carbocycles. The number of amides is 1. The Morgan fingerprint density at radius 1 is 1.07 bits per heavy atom. The zero-order valence-corrected chi connectivity index (χ0v) is 17.1. The Bertz CT molecular complexity index is 965. The van der Waals surface area contributed by atoms with E-state index in [2.05, 4.69) is 17.2 Å². The summed E-state index contributed by atoms with van der Waals surface area (Å²) in [6, 6.07) is 15.2. The van der Waals surface area contributed by atoms with Gasteiger partial charge in [0.2, 0.25) is 0 Å². The second-order valence-electron chi connectivity index (χ2n) is 6.40. The van der Waals surface area contributed by atoms with Crippen LogP contribution in [0.5, 0.6) is 5.75 Å². The van der Waals surface area contributed by atoms with Gasteiger partial charge in [-0.15, -0.1) is 11.3 Å². The molecule has 1 aromatic heterocycles. The number of benzene rings is 2. The van der Waals surface area contributed by atoms with E-state index in [9.17, 15) is 9.59 Å². The normalized spacial score (nSPS) is 10.4. The van der Waals surface area contributed by atoms with Gasteiger partial charge in [-0.1, -0.05) is 36.8 Å². The average molecular weight is 410 g/mol. The van der Waals surface area contributed by atoms with Crippen LogP contribution in [0.4, 0.5) is 5.69 Å². The maximum atomic E-state index is 12.1. The average Bonchev–Trinajstić information content (AvgIpc) is 3.21. The van der Waals surface area contributed by atoms with Crippen LogP contribution < -0.4 is 10.1 Å². The summed E-state index contributed by atoms with van der Waals surface area (Å²) in [5.41, 5.74) is 3.16. The molecule has 29 heavy (non-hydrogen) atoms. The number of nitrogens with zero attached hydrogens (tertiary/aromatic N) is 1. The van der Waals surface area contributed by atoms with Crippen molar-refractivity contribution in [2.75, 3.05) is 11.9 Å². The fraction of sp³-hybridized carbons (Fsp3) is 0.227. The predicted octanol–water partition coefficient (Wildman–Crippen LogP) is 4.39. The maximum Gasteiger partial charge on any atom is 0.358 e. The molecule has 0 saturated carbocycles. The van der Waals surface area contributed by atoms with Crippen molar-refractivity contribution in [2.24, 2.45) is 0 Å². The minimum absolute atomic E-state index is 0.164. The molecule has 0 radical (unpaired) electrons. The van der Waals surface area contributed by atoms with Crippen LogP contribution >= 0.6 is 11.3 Å². The number of carbonyl (C=O) groups is 2. The van der Waals surface area contributed by atoms with E-state index in [1.165, 1.54) is 16.9 Å². The highest BCUT2D eigenvalue weighted by molar-refractivity contribution is 7.09. The van der Waals surface area contributed by atoms with Crippen LogP contribution in [0.15, 0.2) is 53.9 Å². The van der Waals surface area contributed by atoms with E-state index in [0.29, 0.717) is 10.7 Å². The van der Waals surface area contributed by atoms with Crippen molar-refractivity contribution in [3.63, 3.8) is 0 Å². The van der Waals surface area contributed by atoms with Crippen molar-refractivity contribution in [1.82, 2.24) is 4.98 Å². The van der Waals surface area contributed by atoms with E-state index in [1.807, 2.05) is 55.5 Å². The van der Waals surface area contributed by atoms with Crippen LogP contribution in [-0.2, 0) is 22.6 Å². The summed E-state index contributed by atoms with van der Waals surface area (Å²) in [6.45, 7) is 3.95. The molecule has 3 rings (SSSR count). The first kappa shape index (κ1) is 20.5. The van der Waals surface area contributed by atoms with E-state index in [-0.39, 0.29) is 18.9 Å². The molecule has 3 aromatic rings. The molecule has 1 N–H and O–H groups in total. The van der Waals surface area contributed by atoms with Gasteiger partial charge < -0.3 is 14.8 Å². The molecule has 7 heteroatoms. The lowest BCUT2D eigenvalue weighted by atomic mass is 10.1. The first-order chi connectivity index (χ1) is 14.0. The number of hydrogen-bond acceptors (Lipinski definition) is 6. The van der Waals surface area contributed by atoms with Gasteiger partial charge in [-0.25, -0.2) is 9.78 Å². The van der Waals surface area contributed by atoms with Crippen LogP contribution in [-0.4, -0.2) is 23.5 Å². The number of rotatable bonds is 8. The summed E-state index contributed by atoms with van der Waals surface area (Å²) < 4.78 is 10.7. The Morgan fingerprint density at radius 3 is 2.48 bits per heavy atom. The molecular formula is C22H22N2O4S. The number of aryl methyl sites for hydroxylation is 2. The molecule has 150 valence electrons. The van der Waals surface area contributed by atoms with Gasteiger partial charge in [0.25, 0.3) is 5.91 Å². The molecule has 1 heterocycles. The monoisotopic (exact) mass is 410 g/mol. The summed E-state index contributed by atoms with van der Waals surface area (Å²) in [5, 5.41) is 4.94. The first-order valence-corrected chi connectivity index (χ1v) is 10.1. The first-order valence-electron chi connectivity index (χ1n) is 9.23. The fourth-order valence-electron chi connectivity index (χ4n) is 2.48. The third kappa shape index (κ3) is 6.15. The van der Waals surface area contributed by atoms with E-state index >= 15 is 0 Å². The fourth-order valence-corrected chi connectivity index (χ4v) is 3.15. The van der Waals surface area contributed by atoms with Gasteiger partial charge in [-0.3, -0.25) is 4.79 Å². The molecule has 2 aromatic carbocycles. The van der Waals surface area contributed by atoms with Crippen molar-refractivity contribution >= 4 is 28.9 Å². The van der Waals surface area contributed by atoms with E-state index < -0.39 is 11.9 Å². The second-order valence-corrected chi connectivity index (χ2v) is 7.35. The highest BCUT2D eigenvalue weighted by atomic mass is 32.1. The number of thiazole rings is 1. The van der Waals surface area contributed by atoms with Gasteiger partial charge >= 0.3 is 5.97 Å². The molecule has 1 amide bonds. The Labute approximate surface area is 173 Å². The Hall–Kier alpha value is -3.19. The van der Waals surface area contributed by atoms with Crippen LogP contribution in [0.1, 0.15) is 33.5 Å². The van der Waals surface area contributed by atoms with Crippen molar-refractivity contribution < 1.29 is 19.1 Å². The quantitative estimate of drug-likeness (QED) is 0.558. The second kappa shape index (κ2) is 9.84. The molecule has 0 fully saturated rings. The van der Waals surface area contributed by atoms with E-state index in [4.69, 9.17) is 9.47 Å². The van der Waals surface area contributed by atoms with Gasteiger partial charge in [0.05, 0.1) is 0 Å². The van der Waals surface area contributed by atoms with Gasteiger partial charge in [0.15, 0.2) is 12.3 Å². The summed E-state index contributed by atoms with van der Waals surface area (Å²) in [4.78, 5) is 28.3. The maximum absolute atomic E-state index is 12.1. The van der Waals surface area contributed by atoms with Gasteiger partial charge in [0, 0.05) is 11.1 Å². The minimum Gasteiger partial charge on any atom is -0.486 e. The predicted molar refractivity (Wildman–Crippen MR) is 112 cm³/mol. The Kier molecular flexibility index (Phi) is 6.97. The van der Waals surface area contributed by atoms with Crippen LogP contribution in [0.2, 0.25) is 0 Å². The zero-order chi connectivity index (χ0) is 20.6. The lowest BCUT2D eigenvalue weighted by molar-refractivity contribution is -0.119. The molecular weight excluding hydrogens is 388 g/mol. The van der Waals surface area contributed by atoms with Crippen LogP contribution in [0.3, 0.4) is 0 Å². The van der Waals surface area contributed by atoms with Crippen LogP contribution in [0, 0.1) is 6.92 Å². The summed E-state index contributed by atoms with van der Waals surface area (Å²) in [6.07, 6.45) is 0.928. The highest BCUT2D eigenvalue weighted by Gasteiger charge is 2.14. The number of nitrogens with one attached hydrogen (secondary N) is 1. The van der Waals surface area contributed by atoms with E-state index in [0.717, 1.165) is 17.7 Å². The number of anilines is 1. The highest BCUT2D eigenvalue weighted by Crippen LogP contribution is 2.16. The number of esters is 1. The summed E-state index contributed by atoms with van der Waals surface area (Å²) >= 11 is 1.30. The molecule has 0 bridgehead atoms.